The van der Waals surface area contributed by atoms with Crippen molar-refractivity contribution in [3.05, 3.63) is 53.3 Å². The van der Waals surface area contributed by atoms with Gasteiger partial charge < -0.3 is 19.5 Å². The number of hydrogen-bond donors (Lipinski definition) is 1. The second-order valence-electron chi connectivity index (χ2n) is 11.0. The minimum Gasteiger partial charge on any atom is -0.491 e. The van der Waals surface area contributed by atoms with Crippen molar-refractivity contribution in [2.45, 2.75) is 71.1 Å². The molecule has 3 aliphatic rings. The lowest BCUT2D eigenvalue weighted by Gasteiger charge is -2.55. The molecule has 5 heteroatoms. The van der Waals surface area contributed by atoms with Crippen LogP contribution in [0.1, 0.15) is 63.0 Å². The second kappa shape index (κ2) is 7.76. The van der Waals surface area contributed by atoms with E-state index >= 15 is 0 Å². The highest BCUT2D eigenvalue weighted by molar-refractivity contribution is 5.86. The van der Waals surface area contributed by atoms with Crippen molar-refractivity contribution in [1.29, 1.82) is 0 Å². The van der Waals surface area contributed by atoms with Gasteiger partial charge >= 0.3 is 0 Å². The third-order valence-corrected chi connectivity index (χ3v) is 8.20. The zero-order valence-electron chi connectivity index (χ0n) is 20.4. The fourth-order valence-corrected chi connectivity index (χ4v) is 6.22. The van der Waals surface area contributed by atoms with E-state index in [0.29, 0.717) is 17.5 Å². The van der Waals surface area contributed by atoms with Crippen LogP contribution in [0.3, 0.4) is 0 Å². The van der Waals surface area contributed by atoms with Gasteiger partial charge in [-0.15, -0.1) is 0 Å². The minimum absolute atomic E-state index is 0.179. The van der Waals surface area contributed by atoms with Crippen molar-refractivity contribution in [2.75, 3.05) is 25.0 Å². The molecular weight excluding hydrogens is 408 g/mol. The van der Waals surface area contributed by atoms with Gasteiger partial charge in [-0.05, 0) is 81.7 Å². The average Bonchev–Trinajstić information content (AvgIpc) is 3.06. The molecule has 1 saturated carbocycles. The summed E-state index contributed by atoms with van der Waals surface area (Å²) in [7, 11) is 2.23. The average molecular weight is 445 g/mol. The normalized spacial score (nSPS) is 21.8. The Morgan fingerprint density at radius 3 is 2.73 bits per heavy atom. The number of anilines is 1. The smallest absolute Gasteiger partial charge is 0.119 e. The predicted octanol–water partition coefficient (Wildman–Crippen LogP) is 5.11. The largest absolute Gasteiger partial charge is 0.491 e. The fraction of sp³-hybridized carbons (Fsp3) is 0.536. The number of nitrogens with zero attached hydrogens (tertiary/aromatic N) is 3. The van der Waals surface area contributed by atoms with Gasteiger partial charge in [-0.2, -0.15) is 0 Å². The van der Waals surface area contributed by atoms with Crippen molar-refractivity contribution in [2.24, 2.45) is 5.41 Å². The van der Waals surface area contributed by atoms with Crippen LogP contribution >= 0.6 is 0 Å². The van der Waals surface area contributed by atoms with E-state index in [0.717, 1.165) is 18.6 Å². The van der Waals surface area contributed by atoms with E-state index in [-0.39, 0.29) is 6.10 Å². The van der Waals surface area contributed by atoms with E-state index < -0.39 is 0 Å². The molecule has 174 valence electrons. The molecule has 2 aliphatic heterocycles. The maximum atomic E-state index is 5.97. The SMILES string of the molecule is CC(C)Oc1cccc(Cc2nc3c4c(ccc3n2C2CC3(CNC3)C2)N(C)C(C)CC4)c1. The third kappa shape index (κ3) is 3.52. The summed E-state index contributed by atoms with van der Waals surface area (Å²) in [4.78, 5) is 7.78. The third-order valence-electron chi connectivity index (χ3n) is 8.20. The Bertz CT molecular complexity index is 1180. The lowest BCUT2D eigenvalue weighted by molar-refractivity contribution is 0.00822. The first-order chi connectivity index (χ1) is 15.9. The molecule has 3 heterocycles. The number of aryl methyl sites for hydroxylation is 1. The van der Waals surface area contributed by atoms with E-state index in [1.54, 1.807) is 0 Å². The van der Waals surface area contributed by atoms with E-state index in [2.05, 4.69) is 79.0 Å². The molecule has 2 fully saturated rings. The van der Waals surface area contributed by atoms with Crippen LogP contribution in [0, 0.1) is 5.41 Å². The van der Waals surface area contributed by atoms with E-state index in [4.69, 9.17) is 9.72 Å². The van der Waals surface area contributed by atoms with Gasteiger partial charge in [0.2, 0.25) is 0 Å². The van der Waals surface area contributed by atoms with Crippen LogP contribution in [0.2, 0.25) is 0 Å². The zero-order chi connectivity index (χ0) is 22.7. The molecule has 0 amide bonds. The van der Waals surface area contributed by atoms with E-state index in [1.165, 1.54) is 66.0 Å². The van der Waals surface area contributed by atoms with Crippen LogP contribution in [0.5, 0.6) is 5.75 Å². The number of hydrogen-bond acceptors (Lipinski definition) is 4. The summed E-state index contributed by atoms with van der Waals surface area (Å²) in [6.45, 7) is 8.84. The Morgan fingerprint density at radius 2 is 2.00 bits per heavy atom. The molecule has 0 bridgehead atoms. The summed E-state index contributed by atoms with van der Waals surface area (Å²) < 4.78 is 8.56. The maximum Gasteiger partial charge on any atom is 0.119 e. The Morgan fingerprint density at radius 1 is 1.18 bits per heavy atom. The Labute approximate surface area is 197 Å². The van der Waals surface area contributed by atoms with Gasteiger partial charge in [0.15, 0.2) is 0 Å². The number of nitrogens with one attached hydrogen (secondary N) is 1. The standard InChI is InChI=1S/C28H36N4O/c1-18(2)33-22-7-5-6-20(12-22)13-26-30-27-23-9-8-19(3)31(4)24(23)10-11-25(27)32(26)21-14-28(15-21)16-29-17-28/h5-7,10-12,18-19,21,29H,8-9,13-17H2,1-4H3. The van der Waals surface area contributed by atoms with Crippen LogP contribution < -0.4 is 15.0 Å². The molecule has 2 aromatic carbocycles. The summed E-state index contributed by atoms with van der Waals surface area (Å²) in [5.41, 5.74) is 7.15. The van der Waals surface area contributed by atoms with E-state index in [1.807, 2.05) is 0 Å². The van der Waals surface area contributed by atoms with Crippen molar-refractivity contribution >= 4 is 16.7 Å². The first-order valence-corrected chi connectivity index (χ1v) is 12.6. The minimum atomic E-state index is 0.179. The quantitative estimate of drug-likeness (QED) is 0.594. The summed E-state index contributed by atoms with van der Waals surface area (Å²) in [6.07, 6.45) is 5.86. The van der Waals surface area contributed by atoms with Gasteiger partial charge in [-0.25, -0.2) is 4.98 Å². The summed E-state index contributed by atoms with van der Waals surface area (Å²) in [6, 6.07) is 14.4. The molecule has 1 atom stereocenters. The molecule has 0 radical (unpaired) electrons. The van der Waals surface area contributed by atoms with Crippen LogP contribution in [-0.4, -0.2) is 41.8 Å². The molecule has 33 heavy (non-hydrogen) atoms. The highest BCUT2D eigenvalue weighted by atomic mass is 16.5. The molecule has 1 unspecified atom stereocenters. The van der Waals surface area contributed by atoms with Gasteiger partial charge in [-0.1, -0.05) is 12.1 Å². The Balaban J connectivity index is 1.41. The second-order valence-corrected chi connectivity index (χ2v) is 11.0. The Hall–Kier alpha value is -2.53. The van der Waals surface area contributed by atoms with Gasteiger partial charge in [0.05, 0.1) is 17.1 Å². The fourth-order valence-electron chi connectivity index (χ4n) is 6.22. The molecule has 5 nitrogen and oxygen atoms in total. The Kier molecular flexibility index (Phi) is 4.95. The monoisotopic (exact) mass is 444 g/mol. The van der Waals surface area contributed by atoms with Gasteiger partial charge in [0.25, 0.3) is 0 Å². The maximum absolute atomic E-state index is 5.97. The molecule has 1 saturated heterocycles. The van der Waals surface area contributed by atoms with Crippen molar-refractivity contribution in [3.63, 3.8) is 0 Å². The number of aromatic nitrogens is 2. The van der Waals surface area contributed by atoms with Crippen molar-refractivity contribution in [1.82, 2.24) is 14.9 Å². The van der Waals surface area contributed by atoms with Crippen LogP contribution in [0.4, 0.5) is 5.69 Å². The van der Waals surface area contributed by atoms with Crippen LogP contribution in [0.15, 0.2) is 36.4 Å². The zero-order valence-corrected chi connectivity index (χ0v) is 20.4. The number of imidazole rings is 1. The lowest BCUT2D eigenvalue weighted by Crippen LogP contribution is -2.60. The molecule has 3 aromatic rings. The van der Waals surface area contributed by atoms with Crippen LogP contribution in [-0.2, 0) is 12.8 Å². The van der Waals surface area contributed by atoms with E-state index in [9.17, 15) is 0 Å². The first-order valence-electron chi connectivity index (χ1n) is 12.6. The summed E-state index contributed by atoms with van der Waals surface area (Å²) in [5, 5.41) is 3.49. The molecule has 1 aromatic heterocycles. The molecule has 6 rings (SSSR count). The topological polar surface area (TPSA) is 42.3 Å². The molecule has 1 N–H and O–H groups in total. The van der Waals surface area contributed by atoms with Gasteiger partial charge in [-0.3, -0.25) is 0 Å². The number of ether oxygens (including phenoxy) is 1. The molecule has 1 aliphatic carbocycles. The van der Waals surface area contributed by atoms with Crippen molar-refractivity contribution in [3.8, 4) is 5.75 Å². The number of rotatable bonds is 5. The molecular formula is C28H36N4O. The summed E-state index contributed by atoms with van der Waals surface area (Å²) in [5.74, 6) is 2.15. The highest BCUT2D eigenvalue weighted by Crippen LogP contribution is 2.52. The lowest BCUT2D eigenvalue weighted by atomic mass is 9.61. The number of benzene rings is 2. The van der Waals surface area contributed by atoms with Crippen molar-refractivity contribution < 1.29 is 4.74 Å². The van der Waals surface area contributed by atoms with Gasteiger partial charge in [0.1, 0.15) is 11.6 Å². The first kappa shape index (κ1) is 21.0. The summed E-state index contributed by atoms with van der Waals surface area (Å²) >= 11 is 0. The highest BCUT2D eigenvalue weighted by Gasteiger charge is 2.49. The number of fused-ring (bicyclic) bond motifs is 3. The molecule has 1 spiro atoms. The van der Waals surface area contributed by atoms with Crippen LogP contribution in [0.25, 0.3) is 11.0 Å². The predicted molar refractivity (Wildman–Crippen MR) is 135 cm³/mol. The van der Waals surface area contributed by atoms with Gasteiger partial charge in [0, 0.05) is 49.9 Å².